The zero-order chi connectivity index (χ0) is 18.1. The van der Waals surface area contributed by atoms with Crippen LogP contribution in [0.4, 0.5) is 8.78 Å². The summed E-state index contributed by atoms with van der Waals surface area (Å²) in [5.74, 6) is -1.63. The van der Waals surface area contributed by atoms with Crippen LogP contribution in [0.2, 0.25) is 0 Å². The summed E-state index contributed by atoms with van der Waals surface area (Å²) in [5.41, 5.74) is 5.70. The van der Waals surface area contributed by atoms with Gasteiger partial charge in [0.25, 0.3) is 0 Å². The third-order valence-electron chi connectivity index (χ3n) is 4.79. The molecule has 0 aliphatic carbocycles. The van der Waals surface area contributed by atoms with Crippen molar-refractivity contribution in [3.05, 3.63) is 96.1 Å². The number of fused-ring (bicyclic) bond motifs is 1. The summed E-state index contributed by atoms with van der Waals surface area (Å²) in [5, 5.41) is 1.39. The SMILES string of the molecule is CCc1ccc(-c2ccc(-c3ccc4cc(F)c(F)cc4c3)cc2)cc1. The maximum absolute atomic E-state index is 13.5. The summed E-state index contributed by atoms with van der Waals surface area (Å²) in [4.78, 5) is 0. The van der Waals surface area contributed by atoms with Crippen molar-refractivity contribution in [1.82, 2.24) is 0 Å². The van der Waals surface area contributed by atoms with Crippen LogP contribution < -0.4 is 0 Å². The van der Waals surface area contributed by atoms with Gasteiger partial charge < -0.3 is 0 Å². The van der Waals surface area contributed by atoms with Gasteiger partial charge in [-0.15, -0.1) is 0 Å². The highest BCUT2D eigenvalue weighted by Gasteiger charge is 2.06. The molecule has 4 aromatic rings. The molecule has 0 fully saturated rings. The minimum Gasteiger partial charge on any atom is -0.204 e. The molecule has 0 spiro atoms. The molecule has 2 heteroatoms. The Morgan fingerprint density at radius 1 is 0.538 bits per heavy atom. The largest absolute Gasteiger partial charge is 0.204 e. The summed E-state index contributed by atoms with van der Waals surface area (Å²) in [6.07, 6.45) is 1.03. The Kier molecular flexibility index (Phi) is 4.26. The number of benzene rings is 4. The maximum atomic E-state index is 13.5. The fourth-order valence-corrected chi connectivity index (χ4v) is 3.21. The molecular weight excluding hydrogens is 326 g/mol. The first-order chi connectivity index (χ1) is 12.6. The number of aryl methyl sites for hydroxylation is 1. The number of rotatable bonds is 3. The lowest BCUT2D eigenvalue weighted by Crippen LogP contribution is -1.86. The third-order valence-corrected chi connectivity index (χ3v) is 4.79. The summed E-state index contributed by atoms with van der Waals surface area (Å²) in [7, 11) is 0. The van der Waals surface area contributed by atoms with Crippen molar-refractivity contribution in [3.8, 4) is 22.3 Å². The minimum absolute atomic E-state index is 0.695. The van der Waals surface area contributed by atoms with Gasteiger partial charge in [0.15, 0.2) is 11.6 Å². The van der Waals surface area contributed by atoms with Gasteiger partial charge in [-0.2, -0.15) is 0 Å². The predicted octanol–water partition coefficient (Wildman–Crippen LogP) is 7.01. The second-order valence-corrected chi connectivity index (χ2v) is 6.46. The molecule has 0 aromatic heterocycles. The predicted molar refractivity (Wildman–Crippen MR) is 104 cm³/mol. The summed E-state index contributed by atoms with van der Waals surface area (Å²) in [6.45, 7) is 2.15. The Morgan fingerprint density at radius 3 is 1.58 bits per heavy atom. The van der Waals surface area contributed by atoms with E-state index < -0.39 is 11.6 Å². The van der Waals surface area contributed by atoms with E-state index in [1.54, 1.807) is 0 Å². The summed E-state index contributed by atoms with van der Waals surface area (Å²) in [6, 6.07) is 25.0. The van der Waals surface area contributed by atoms with Crippen LogP contribution in [0.5, 0.6) is 0 Å². The van der Waals surface area contributed by atoms with E-state index in [0.717, 1.165) is 23.1 Å². The molecule has 4 aromatic carbocycles. The van der Waals surface area contributed by atoms with E-state index in [-0.39, 0.29) is 0 Å². The van der Waals surface area contributed by atoms with E-state index in [1.165, 1.54) is 23.3 Å². The van der Waals surface area contributed by atoms with Crippen LogP contribution >= 0.6 is 0 Å². The Bertz CT molecular complexity index is 1060. The van der Waals surface area contributed by atoms with Gasteiger partial charge in [-0.05, 0) is 63.2 Å². The zero-order valence-corrected chi connectivity index (χ0v) is 14.5. The number of hydrogen-bond acceptors (Lipinski definition) is 0. The van der Waals surface area contributed by atoms with Gasteiger partial charge in [-0.3, -0.25) is 0 Å². The molecule has 0 saturated carbocycles. The van der Waals surface area contributed by atoms with Crippen LogP contribution in [0, 0.1) is 11.6 Å². The van der Waals surface area contributed by atoms with Crippen molar-refractivity contribution in [1.29, 1.82) is 0 Å². The quantitative estimate of drug-likeness (QED) is 0.375. The lowest BCUT2D eigenvalue weighted by molar-refractivity contribution is 0.511. The van der Waals surface area contributed by atoms with E-state index >= 15 is 0 Å². The van der Waals surface area contributed by atoms with E-state index in [9.17, 15) is 8.78 Å². The average Bonchev–Trinajstić information content (AvgIpc) is 2.69. The van der Waals surface area contributed by atoms with Crippen LogP contribution in [0.25, 0.3) is 33.0 Å². The number of hydrogen-bond donors (Lipinski definition) is 0. The molecule has 0 amide bonds. The molecular formula is C24H18F2. The smallest absolute Gasteiger partial charge is 0.159 e. The molecule has 0 bridgehead atoms. The highest BCUT2D eigenvalue weighted by Crippen LogP contribution is 2.28. The molecule has 4 rings (SSSR count). The first kappa shape index (κ1) is 16.5. The van der Waals surface area contributed by atoms with Crippen LogP contribution in [-0.4, -0.2) is 0 Å². The van der Waals surface area contributed by atoms with Gasteiger partial charge in [0.1, 0.15) is 0 Å². The fourth-order valence-electron chi connectivity index (χ4n) is 3.21. The molecule has 26 heavy (non-hydrogen) atoms. The topological polar surface area (TPSA) is 0 Å². The van der Waals surface area contributed by atoms with Crippen molar-refractivity contribution in [2.45, 2.75) is 13.3 Å². The molecule has 0 atom stereocenters. The summed E-state index contributed by atoms with van der Waals surface area (Å²) < 4.78 is 26.9. The molecule has 0 aliphatic heterocycles. The van der Waals surface area contributed by atoms with Gasteiger partial charge >= 0.3 is 0 Å². The second kappa shape index (κ2) is 6.72. The van der Waals surface area contributed by atoms with E-state index in [0.29, 0.717) is 10.8 Å². The molecule has 0 aliphatic rings. The van der Waals surface area contributed by atoms with Crippen LogP contribution in [0.1, 0.15) is 12.5 Å². The second-order valence-electron chi connectivity index (χ2n) is 6.46. The maximum Gasteiger partial charge on any atom is 0.159 e. The van der Waals surface area contributed by atoms with E-state index in [1.807, 2.05) is 18.2 Å². The van der Waals surface area contributed by atoms with Gasteiger partial charge in [0.2, 0.25) is 0 Å². The average molecular weight is 344 g/mol. The van der Waals surface area contributed by atoms with E-state index in [4.69, 9.17) is 0 Å². The lowest BCUT2D eigenvalue weighted by atomic mass is 9.97. The Labute approximate surface area is 151 Å². The molecule has 0 unspecified atom stereocenters. The van der Waals surface area contributed by atoms with Gasteiger partial charge in [0.05, 0.1) is 0 Å². The highest BCUT2D eigenvalue weighted by molar-refractivity contribution is 5.87. The van der Waals surface area contributed by atoms with Gasteiger partial charge in [-0.1, -0.05) is 67.6 Å². The molecule has 0 saturated heterocycles. The van der Waals surface area contributed by atoms with E-state index in [2.05, 4.69) is 55.5 Å². The van der Waals surface area contributed by atoms with Gasteiger partial charge in [-0.25, -0.2) is 8.78 Å². The number of halogens is 2. The molecule has 0 N–H and O–H groups in total. The zero-order valence-electron chi connectivity index (χ0n) is 14.5. The van der Waals surface area contributed by atoms with Crippen molar-refractivity contribution < 1.29 is 8.78 Å². The Hall–Kier alpha value is -3.00. The lowest BCUT2D eigenvalue weighted by Gasteiger charge is -2.07. The first-order valence-electron chi connectivity index (χ1n) is 8.72. The van der Waals surface area contributed by atoms with Crippen molar-refractivity contribution >= 4 is 10.8 Å². The monoisotopic (exact) mass is 344 g/mol. The molecule has 0 nitrogen and oxygen atoms in total. The third kappa shape index (κ3) is 3.11. The minimum atomic E-state index is -0.819. The van der Waals surface area contributed by atoms with Gasteiger partial charge in [0, 0.05) is 0 Å². The van der Waals surface area contributed by atoms with Crippen LogP contribution in [0.15, 0.2) is 78.9 Å². The molecule has 0 heterocycles. The normalized spacial score (nSPS) is 11.0. The molecule has 128 valence electrons. The summed E-state index contributed by atoms with van der Waals surface area (Å²) >= 11 is 0. The van der Waals surface area contributed by atoms with Crippen molar-refractivity contribution in [2.24, 2.45) is 0 Å². The fraction of sp³-hybridized carbons (Fsp3) is 0.0833. The Balaban J connectivity index is 1.67. The standard InChI is InChI=1S/C24H18F2/c1-2-16-3-5-17(6-4-16)18-7-9-19(10-8-18)20-11-12-21-14-23(25)24(26)15-22(21)13-20/h3-15H,2H2,1H3. The van der Waals surface area contributed by atoms with Crippen molar-refractivity contribution in [3.63, 3.8) is 0 Å². The molecule has 0 radical (unpaired) electrons. The van der Waals surface area contributed by atoms with Crippen molar-refractivity contribution in [2.75, 3.05) is 0 Å². The highest BCUT2D eigenvalue weighted by atomic mass is 19.2. The van der Waals surface area contributed by atoms with Crippen LogP contribution in [0.3, 0.4) is 0 Å². The van der Waals surface area contributed by atoms with Crippen LogP contribution in [-0.2, 0) is 6.42 Å². The Morgan fingerprint density at radius 2 is 1.00 bits per heavy atom. The first-order valence-corrected chi connectivity index (χ1v) is 8.72.